The third-order valence-corrected chi connectivity index (χ3v) is 3.41. The first-order valence-corrected chi connectivity index (χ1v) is 6.05. The van der Waals surface area contributed by atoms with Gasteiger partial charge in [0.1, 0.15) is 11.6 Å². The summed E-state index contributed by atoms with van der Waals surface area (Å²) in [5.74, 6) is -0.186. The van der Waals surface area contributed by atoms with Gasteiger partial charge in [0.25, 0.3) is 5.91 Å². The smallest absolute Gasteiger partial charge is 0.252 e. The summed E-state index contributed by atoms with van der Waals surface area (Å²) in [6.45, 7) is 5.18. The maximum Gasteiger partial charge on any atom is 0.252 e. The summed E-state index contributed by atoms with van der Waals surface area (Å²) in [7, 11) is 0. The molecule has 4 nitrogen and oxygen atoms in total. The molecule has 1 aromatic rings. The summed E-state index contributed by atoms with van der Waals surface area (Å²) < 4.78 is 0. The van der Waals surface area contributed by atoms with Crippen molar-refractivity contribution in [1.82, 2.24) is 5.32 Å². The van der Waals surface area contributed by atoms with Crippen molar-refractivity contribution in [3.63, 3.8) is 0 Å². The standard InChI is InChI=1S/C11H14N2O2S/c1-7-9(14)12-11(2,3)10(15)13(7)8-4-5-16-6-8/h4-7H,1-3H3,(H,12,14). The number of nitrogens with one attached hydrogen (secondary N) is 1. The van der Waals surface area contributed by atoms with Crippen LogP contribution < -0.4 is 10.2 Å². The zero-order valence-corrected chi connectivity index (χ0v) is 10.3. The van der Waals surface area contributed by atoms with Crippen LogP contribution in [0.2, 0.25) is 0 Å². The zero-order valence-electron chi connectivity index (χ0n) is 9.48. The number of piperazine rings is 1. The van der Waals surface area contributed by atoms with E-state index >= 15 is 0 Å². The van der Waals surface area contributed by atoms with Crippen LogP contribution in [0, 0.1) is 0 Å². The van der Waals surface area contributed by atoms with Gasteiger partial charge in [-0.15, -0.1) is 0 Å². The summed E-state index contributed by atoms with van der Waals surface area (Å²) in [4.78, 5) is 25.5. The van der Waals surface area contributed by atoms with E-state index in [1.54, 1.807) is 25.7 Å². The molecule has 0 bridgehead atoms. The van der Waals surface area contributed by atoms with Gasteiger partial charge in [0.15, 0.2) is 0 Å². The van der Waals surface area contributed by atoms with E-state index in [-0.39, 0.29) is 11.8 Å². The molecule has 0 aromatic carbocycles. The summed E-state index contributed by atoms with van der Waals surface area (Å²) in [6, 6.07) is 1.41. The van der Waals surface area contributed by atoms with Gasteiger partial charge in [-0.25, -0.2) is 0 Å². The number of amides is 2. The number of anilines is 1. The molecule has 1 aliphatic rings. The van der Waals surface area contributed by atoms with E-state index in [2.05, 4.69) is 5.32 Å². The molecule has 5 heteroatoms. The highest BCUT2D eigenvalue weighted by molar-refractivity contribution is 7.08. The van der Waals surface area contributed by atoms with Crippen molar-refractivity contribution in [3.05, 3.63) is 16.8 Å². The molecule has 0 spiro atoms. The van der Waals surface area contributed by atoms with Crippen molar-refractivity contribution in [1.29, 1.82) is 0 Å². The van der Waals surface area contributed by atoms with Crippen LogP contribution in [-0.4, -0.2) is 23.4 Å². The highest BCUT2D eigenvalue weighted by Crippen LogP contribution is 2.26. The Morgan fingerprint density at radius 2 is 2.12 bits per heavy atom. The second-order valence-electron chi connectivity index (χ2n) is 4.45. The molecule has 86 valence electrons. The summed E-state index contributed by atoms with van der Waals surface area (Å²) in [5, 5.41) is 6.50. The van der Waals surface area contributed by atoms with Crippen molar-refractivity contribution in [3.8, 4) is 0 Å². The third-order valence-electron chi connectivity index (χ3n) is 2.74. The van der Waals surface area contributed by atoms with Crippen LogP contribution in [0.25, 0.3) is 0 Å². The number of hydrogen-bond donors (Lipinski definition) is 1. The van der Waals surface area contributed by atoms with Crippen LogP contribution >= 0.6 is 11.3 Å². The second-order valence-corrected chi connectivity index (χ2v) is 5.23. The lowest BCUT2D eigenvalue weighted by molar-refractivity contribution is -0.136. The highest BCUT2D eigenvalue weighted by atomic mass is 32.1. The molecule has 1 N–H and O–H groups in total. The first-order valence-electron chi connectivity index (χ1n) is 5.11. The molecule has 0 radical (unpaired) electrons. The Morgan fingerprint density at radius 3 is 2.69 bits per heavy atom. The van der Waals surface area contributed by atoms with Gasteiger partial charge >= 0.3 is 0 Å². The molecule has 1 fully saturated rings. The van der Waals surface area contributed by atoms with Gasteiger partial charge in [0.05, 0.1) is 5.69 Å². The van der Waals surface area contributed by atoms with Gasteiger partial charge < -0.3 is 5.32 Å². The quantitative estimate of drug-likeness (QED) is 0.803. The fourth-order valence-corrected chi connectivity index (χ4v) is 2.42. The minimum atomic E-state index is -0.828. The minimum absolute atomic E-state index is 0.0713. The summed E-state index contributed by atoms with van der Waals surface area (Å²) >= 11 is 1.51. The van der Waals surface area contributed by atoms with Crippen molar-refractivity contribution >= 4 is 28.8 Å². The van der Waals surface area contributed by atoms with Crippen LogP contribution in [0.4, 0.5) is 5.69 Å². The topological polar surface area (TPSA) is 49.4 Å². The van der Waals surface area contributed by atoms with Crippen LogP contribution in [0.5, 0.6) is 0 Å². The molecule has 1 unspecified atom stereocenters. The van der Waals surface area contributed by atoms with Gasteiger partial charge in [0.2, 0.25) is 5.91 Å². The van der Waals surface area contributed by atoms with E-state index in [9.17, 15) is 9.59 Å². The number of rotatable bonds is 1. The molecule has 1 aliphatic heterocycles. The van der Waals surface area contributed by atoms with Gasteiger partial charge in [0, 0.05) is 5.38 Å². The molecule has 16 heavy (non-hydrogen) atoms. The number of nitrogens with zero attached hydrogens (tertiary/aromatic N) is 1. The van der Waals surface area contributed by atoms with Crippen LogP contribution in [0.3, 0.4) is 0 Å². The Balaban J connectivity index is 2.41. The first kappa shape index (κ1) is 11.1. The fourth-order valence-electron chi connectivity index (χ4n) is 1.80. The lowest BCUT2D eigenvalue weighted by Crippen LogP contribution is -2.67. The SMILES string of the molecule is CC1C(=O)NC(C)(C)C(=O)N1c1ccsc1. The van der Waals surface area contributed by atoms with Crippen LogP contribution in [0.15, 0.2) is 16.8 Å². The van der Waals surface area contributed by atoms with Crippen molar-refractivity contribution in [2.24, 2.45) is 0 Å². The molecule has 2 amide bonds. The molecule has 0 saturated carbocycles. The molecule has 2 rings (SSSR count). The minimum Gasteiger partial charge on any atom is -0.340 e. The van der Waals surface area contributed by atoms with E-state index in [1.807, 2.05) is 16.8 Å². The zero-order chi connectivity index (χ0) is 11.9. The second kappa shape index (κ2) is 3.59. The number of thiophene rings is 1. The highest BCUT2D eigenvalue weighted by Gasteiger charge is 2.44. The first-order chi connectivity index (χ1) is 7.43. The third kappa shape index (κ3) is 1.61. The Labute approximate surface area is 98.3 Å². The van der Waals surface area contributed by atoms with Gasteiger partial charge in [-0.05, 0) is 32.2 Å². The Morgan fingerprint density at radius 1 is 1.44 bits per heavy atom. The molecule has 1 atom stereocenters. The van der Waals surface area contributed by atoms with Crippen molar-refractivity contribution in [2.75, 3.05) is 4.90 Å². The Kier molecular flexibility index (Phi) is 2.50. The van der Waals surface area contributed by atoms with Crippen LogP contribution in [-0.2, 0) is 9.59 Å². The average molecular weight is 238 g/mol. The molecule has 1 aromatic heterocycles. The predicted octanol–water partition coefficient (Wildman–Crippen LogP) is 1.38. The number of carbonyl (C=O) groups is 2. The van der Waals surface area contributed by atoms with E-state index < -0.39 is 11.6 Å². The van der Waals surface area contributed by atoms with E-state index in [1.165, 1.54) is 11.3 Å². The van der Waals surface area contributed by atoms with Crippen molar-refractivity contribution in [2.45, 2.75) is 32.4 Å². The molecular formula is C11H14N2O2S. The van der Waals surface area contributed by atoms with Gasteiger partial charge in [-0.3, -0.25) is 14.5 Å². The Bertz CT molecular complexity index is 425. The molecule has 0 aliphatic carbocycles. The lowest BCUT2D eigenvalue weighted by Gasteiger charge is -2.41. The molecule has 1 saturated heterocycles. The summed E-state index contributed by atoms with van der Waals surface area (Å²) in [6.07, 6.45) is 0. The average Bonchev–Trinajstić information content (AvgIpc) is 2.68. The van der Waals surface area contributed by atoms with E-state index in [0.29, 0.717) is 0 Å². The maximum absolute atomic E-state index is 12.2. The monoisotopic (exact) mass is 238 g/mol. The van der Waals surface area contributed by atoms with Crippen LogP contribution in [0.1, 0.15) is 20.8 Å². The van der Waals surface area contributed by atoms with Crippen molar-refractivity contribution < 1.29 is 9.59 Å². The lowest BCUT2D eigenvalue weighted by atomic mass is 9.97. The normalized spacial score (nSPS) is 24.4. The molecular weight excluding hydrogens is 224 g/mol. The van der Waals surface area contributed by atoms with E-state index in [0.717, 1.165) is 5.69 Å². The Hall–Kier alpha value is -1.36. The maximum atomic E-state index is 12.2. The molecule has 2 heterocycles. The van der Waals surface area contributed by atoms with E-state index in [4.69, 9.17) is 0 Å². The summed E-state index contributed by atoms with van der Waals surface area (Å²) in [5.41, 5.74) is -0.0312. The predicted molar refractivity (Wildman–Crippen MR) is 63.5 cm³/mol. The largest absolute Gasteiger partial charge is 0.340 e. The van der Waals surface area contributed by atoms with Gasteiger partial charge in [-0.1, -0.05) is 0 Å². The number of carbonyl (C=O) groups excluding carboxylic acids is 2. The fraction of sp³-hybridized carbons (Fsp3) is 0.455. The van der Waals surface area contributed by atoms with Gasteiger partial charge in [-0.2, -0.15) is 11.3 Å². The number of hydrogen-bond acceptors (Lipinski definition) is 3.